The average molecular weight is 363 g/mol. The SMILES string of the molecule is O=C(CCc1cccc(F)c1)Nc1ccccc1NC(=O)c1cccnc1. The third kappa shape index (κ3) is 5.22. The van der Waals surface area contributed by atoms with Gasteiger partial charge in [-0.05, 0) is 48.4 Å². The molecule has 2 N–H and O–H groups in total. The first-order chi connectivity index (χ1) is 13.1. The first kappa shape index (κ1) is 18.3. The minimum atomic E-state index is -0.323. The van der Waals surface area contributed by atoms with Crippen LogP contribution in [0.1, 0.15) is 22.3 Å². The van der Waals surface area contributed by atoms with Crippen LogP contribution in [0.25, 0.3) is 0 Å². The molecular formula is C21H18FN3O2. The third-order valence-corrected chi connectivity index (χ3v) is 3.90. The number of para-hydroxylation sites is 2. The van der Waals surface area contributed by atoms with E-state index in [1.807, 2.05) is 0 Å². The number of pyridine rings is 1. The van der Waals surface area contributed by atoms with Crippen LogP contribution in [0, 0.1) is 5.82 Å². The Morgan fingerprint density at radius 3 is 2.41 bits per heavy atom. The molecule has 5 nitrogen and oxygen atoms in total. The zero-order valence-corrected chi connectivity index (χ0v) is 14.5. The standard InChI is InChI=1S/C21H18FN3O2/c22-17-7-3-5-15(13-17)10-11-20(26)24-18-8-1-2-9-19(18)25-21(27)16-6-4-12-23-14-16/h1-9,12-14H,10-11H2,(H,24,26)(H,25,27). The number of hydrogen-bond acceptors (Lipinski definition) is 3. The number of benzene rings is 2. The van der Waals surface area contributed by atoms with Crippen molar-refractivity contribution in [2.45, 2.75) is 12.8 Å². The van der Waals surface area contributed by atoms with Gasteiger partial charge < -0.3 is 10.6 Å². The van der Waals surface area contributed by atoms with Crippen LogP contribution in [-0.2, 0) is 11.2 Å². The number of nitrogens with one attached hydrogen (secondary N) is 2. The molecule has 3 aromatic rings. The minimum absolute atomic E-state index is 0.203. The van der Waals surface area contributed by atoms with E-state index >= 15 is 0 Å². The Hall–Kier alpha value is -3.54. The molecule has 0 spiro atoms. The van der Waals surface area contributed by atoms with Crippen molar-refractivity contribution in [2.24, 2.45) is 0 Å². The largest absolute Gasteiger partial charge is 0.324 e. The van der Waals surface area contributed by atoms with Gasteiger partial charge in [0.25, 0.3) is 5.91 Å². The van der Waals surface area contributed by atoms with Crippen molar-refractivity contribution in [1.29, 1.82) is 0 Å². The van der Waals surface area contributed by atoms with E-state index in [1.165, 1.54) is 18.3 Å². The van der Waals surface area contributed by atoms with Crippen molar-refractivity contribution < 1.29 is 14.0 Å². The van der Waals surface area contributed by atoms with Crippen LogP contribution in [0.4, 0.5) is 15.8 Å². The lowest BCUT2D eigenvalue weighted by molar-refractivity contribution is -0.116. The summed E-state index contributed by atoms with van der Waals surface area (Å²) in [7, 11) is 0. The highest BCUT2D eigenvalue weighted by Gasteiger charge is 2.11. The van der Waals surface area contributed by atoms with Gasteiger partial charge in [0.1, 0.15) is 5.82 Å². The van der Waals surface area contributed by atoms with E-state index in [0.717, 1.165) is 5.56 Å². The number of carbonyl (C=O) groups is 2. The Bertz CT molecular complexity index is 945. The second-order valence-electron chi connectivity index (χ2n) is 5.92. The molecule has 0 radical (unpaired) electrons. The van der Waals surface area contributed by atoms with E-state index in [-0.39, 0.29) is 24.1 Å². The summed E-state index contributed by atoms with van der Waals surface area (Å²) in [4.78, 5) is 28.5. The highest BCUT2D eigenvalue weighted by atomic mass is 19.1. The number of halogens is 1. The Morgan fingerprint density at radius 2 is 1.70 bits per heavy atom. The van der Waals surface area contributed by atoms with Crippen molar-refractivity contribution in [3.05, 3.63) is 90.0 Å². The van der Waals surface area contributed by atoms with Gasteiger partial charge in [-0.1, -0.05) is 24.3 Å². The van der Waals surface area contributed by atoms with Crippen molar-refractivity contribution in [1.82, 2.24) is 4.98 Å². The van der Waals surface area contributed by atoms with E-state index in [2.05, 4.69) is 15.6 Å². The monoisotopic (exact) mass is 363 g/mol. The predicted molar refractivity (Wildman–Crippen MR) is 102 cm³/mol. The maximum absolute atomic E-state index is 13.2. The van der Waals surface area contributed by atoms with Gasteiger partial charge in [-0.25, -0.2) is 4.39 Å². The predicted octanol–water partition coefficient (Wildman–Crippen LogP) is 4.04. The molecule has 6 heteroatoms. The summed E-state index contributed by atoms with van der Waals surface area (Å²) < 4.78 is 13.2. The lowest BCUT2D eigenvalue weighted by Crippen LogP contribution is -2.17. The summed E-state index contributed by atoms with van der Waals surface area (Å²) in [6.45, 7) is 0. The molecule has 0 aliphatic carbocycles. The summed E-state index contributed by atoms with van der Waals surface area (Å²) >= 11 is 0. The number of hydrogen-bond donors (Lipinski definition) is 2. The van der Waals surface area contributed by atoms with Gasteiger partial charge >= 0.3 is 0 Å². The molecule has 0 saturated carbocycles. The lowest BCUT2D eigenvalue weighted by atomic mass is 10.1. The van der Waals surface area contributed by atoms with Crippen LogP contribution < -0.4 is 10.6 Å². The Labute approximate surface area is 156 Å². The van der Waals surface area contributed by atoms with Crippen LogP contribution in [0.3, 0.4) is 0 Å². The number of nitrogens with zero attached hydrogens (tertiary/aromatic N) is 1. The summed E-state index contributed by atoms with van der Waals surface area (Å²) in [5.74, 6) is -0.858. The molecule has 0 aliphatic heterocycles. The molecule has 0 aliphatic rings. The van der Waals surface area contributed by atoms with E-state index < -0.39 is 0 Å². The second-order valence-corrected chi connectivity index (χ2v) is 5.92. The molecule has 1 heterocycles. The normalized spacial score (nSPS) is 10.3. The number of aryl methyl sites for hydroxylation is 1. The zero-order valence-electron chi connectivity index (χ0n) is 14.5. The maximum Gasteiger partial charge on any atom is 0.257 e. The van der Waals surface area contributed by atoms with Crippen molar-refractivity contribution in [3.8, 4) is 0 Å². The number of aromatic nitrogens is 1. The number of anilines is 2. The number of carbonyl (C=O) groups excluding carboxylic acids is 2. The molecule has 0 fully saturated rings. The summed E-state index contributed by atoms with van der Waals surface area (Å²) in [5.41, 5.74) is 2.16. The molecular weight excluding hydrogens is 345 g/mol. The topological polar surface area (TPSA) is 71.1 Å². The first-order valence-corrected chi connectivity index (χ1v) is 8.46. The van der Waals surface area contributed by atoms with E-state index in [9.17, 15) is 14.0 Å². The van der Waals surface area contributed by atoms with Crippen LogP contribution in [0.2, 0.25) is 0 Å². The fourth-order valence-corrected chi connectivity index (χ4v) is 2.56. The molecule has 3 rings (SSSR count). The molecule has 1 aromatic heterocycles. The third-order valence-electron chi connectivity index (χ3n) is 3.90. The van der Waals surface area contributed by atoms with Gasteiger partial charge in [0.2, 0.25) is 5.91 Å². The molecule has 27 heavy (non-hydrogen) atoms. The fraction of sp³-hybridized carbons (Fsp3) is 0.0952. The Balaban J connectivity index is 1.63. The van der Waals surface area contributed by atoms with Crippen LogP contribution in [0.5, 0.6) is 0 Å². The van der Waals surface area contributed by atoms with Crippen LogP contribution >= 0.6 is 0 Å². The van der Waals surface area contributed by atoms with Gasteiger partial charge in [-0.3, -0.25) is 14.6 Å². The summed E-state index contributed by atoms with van der Waals surface area (Å²) in [6, 6.07) is 16.4. The molecule has 2 amide bonds. The smallest absolute Gasteiger partial charge is 0.257 e. The van der Waals surface area contributed by atoms with Crippen LogP contribution in [-0.4, -0.2) is 16.8 Å². The van der Waals surface area contributed by atoms with Gasteiger partial charge in [0.05, 0.1) is 16.9 Å². The van der Waals surface area contributed by atoms with Gasteiger partial charge in [0.15, 0.2) is 0 Å². The lowest BCUT2D eigenvalue weighted by Gasteiger charge is -2.12. The quantitative estimate of drug-likeness (QED) is 0.694. The fourth-order valence-electron chi connectivity index (χ4n) is 2.56. The Morgan fingerprint density at radius 1 is 0.926 bits per heavy atom. The second kappa shape index (κ2) is 8.71. The number of amides is 2. The molecule has 0 bridgehead atoms. The van der Waals surface area contributed by atoms with Crippen molar-refractivity contribution in [2.75, 3.05) is 10.6 Å². The molecule has 136 valence electrons. The first-order valence-electron chi connectivity index (χ1n) is 8.46. The molecule has 0 unspecified atom stereocenters. The molecule has 2 aromatic carbocycles. The van der Waals surface area contributed by atoms with Gasteiger partial charge in [0, 0.05) is 18.8 Å². The Kier molecular flexibility index (Phi) is 5.89. The highest BCUT2D eigenvalue weighted by Crippen LogP contribution is 2.22. The van der Waals surface area contributed by atoms with Crippen molar-refractivity contribution in [3.63, 3.8) is 0 Å². The minimum Gasteiger partial charge on any atom is -0.324 e. The highest BCUT2D eigenvalue weighted by molar-refractivity contribution is 6.07. The molecule has 0 saturated heterocycles. The summed E-state index contributed by atoms with van der Waals surface area (Å²) in [6.07, 6.45) is 3.68. The summed E-state index contributed by atoms with van der Waals surface area (Å²) in [5, 5.41) is 5.56. The molecule has 0 atom stereocenters. The van der Waals surface area contributed by atoms with Crippen LogP contribution in [0.15, 0.2) is 73.1 Å². The maximum atomic E-state index is 13.2. The van der Waals surface area contributed by atoms with Gasteiger partial charge in [-0.2, -0.15) is 0 Å². The average Bonchev–Trinajstić information content (AvgIpc) is 2.69. The van der Waals surface area contributed by atoms with Gasteiger partial charge in [-0.15, -0.1) is 0 Å². The van der Waals surface area contributed by atoms with E-state index in [0.29, 0.717) is 23.4 Å². The van der Waals surface area contributed by atoms with E-state index in [1.54, 1.807) is 54.7 Å². The zero-order chi connectivity index (χ0) is 19.1. The van der Waals surface area contributed by atoms with Crippen molar-refractivity contribution >= 4 is 23.2 Å². The van der Waals surface area contributed by atoms with E-state index in [4.69, 9.17) is 0 Å². The number of rotatable bonds is 6.